The Kier molecular flexibility index (Phi) is 7.53. The van der Waals surface area contributed by atoms with Gasteiger partial charge in [-0.05, 0) is 36.4 Å². The topological polar surface area (TPSA) is 129 Å². The molecule has 172 valence electrons. The van der Waals surface area contributed by atoms with E-state index in [1.807, 2.05) is 24.3 Å². The maximum absolute atomic E-state index is 9.65. The SMILES string of the molecule is CN=CC(C=N)c1ccc(Nc2nccc(-c3ccc(OC4CCOCC4)c(C#N)c3)n2)cn1. The largest absolute Gasteiger partial charge is 0.489 e. The number of nitrogens with zero attached hydrogens (tertiary/aromatic N) is 5. The van der Waals surface area contributed by atoms with Crippen molar-refractivity contribution in [2.75, 3.05) is 25.6 Å². The molecule has 3 heterocycles. The molecule has 0 aliphatic carbocycles. The van der Waals surface area contributed by atoms with Gasteiger partial charge < -0.3 is 20.2 Å². The fraction of sp³-hybridized carbons (Fsp3) is 0.280. The maximum Gasteiger partial charge on any atom is 0.227 e. The molecule has 2 aromatic heterocycles. The highest BCUT2D eigenvalue weighted by atomic mass is 16.5. The van der Waals surface area contributed by atoms with Crippen LogP contribution in [0.3, 0.4) is 0 Å². The second-order valence-electron chi connectivity index (χ2n) is 7.71. The number of benzene rings is 1. The third-order valence-corrected chi connectivity index (χ3v) is 5.39. The van der Waals surface area contributed by atoms with Gasteiger partial charge in [-0.15, -0.1) is 0 Å². The van der Waals surface area contributed by atoms with Gasteiger partial charge in [0.05, 0.1) is 48.0 Å². The van der Waals surface area contributed by atoms with Gasteiger partial charge in [0.1, 0.15) is 17.9 Å². The maximum atomic E-state index is 9.65. The number of pyridine rings is 1. The standard InChI is InChI=1S/C25H25N7O2/c1-28-15-19(14-27)22-4-3-20(16-30-22)31-25-29-9-6-23(32-25)17-2-5-24(18(12-17)13-26)34-21-7-10-33-11-8-21/h2-6,9,12,14-16,19,21,27H,7-8,10-11H2,1H3,(H,29,31,32). The lowest BCUT2D eigenvalue weighted by Gasteiger charge is -2.23. The molecule has 1 fully saturated rings. The van der Waals surface area contributed by atoms with E-state index in [0.717, 1.165) is 29.8 Å². The fourth-order valence-corrected chi connectivity index (χ4v) is 3.60. The van der Waals surface area contributed by atoms with E-state index >= 15 is 0 Å². The number of aromatic nitrogens is 3. The molecule has 0 amide bonds. The molecule has 1 aliphatic rings. The number of aliphatic imine (C=N–C) groups is 1. The smallest absolute Gasteiger partial charge is 0.227 e. The highest BCUT2D eigenvalue weighted by Crippen LogP contribution is 2.28. The lowest BCUT2D eigenvalue weighted by Crippen LogP contribution is -2.26. The Morgan fingerprint density at radius 1 is 1.24 bits per heavy atom. The Hall–Kier alpha value is -4.16. The van der Waals surface area contributed by atoms with Crippen LogP contribution >= 0.6 is 0 Å². The van der Waals surface area contributed by atoms with E-state index in [-0.39, 0.29) is 12.0 Å². The Labute approximate surface area is 198 Å². The van der Waals surface area contributed by atoms with Crippen LogP contribution in [0, 0.1) is 16.7 Å². The molecule has 1 atom stereocenters. The van der Waals surface area contributed by atoms with Gasteiger partial charge in [0.25, 0.3) is 0 Å². The summed E-state index contributed by atoms with van der Waals surface area (Å²) < 4.78 is 11.4. The minimum absolute atomic E-state index is 0.0603. The molecular weight excluding hydrogens is 430 g/mol. The molecule has 0 saturated carbocycles. The van der Waals surface area contributed by atoms with Gasteiger partial charge in [-0.25, -0.2) is 9.97 Å². The highest BCUT2D eigenvalue weighted by molar-refractivity contribution is 5.88. The van der Waals surface area contributed by atoms with Crippen molar-refractivity contribution in [3.05, 3.63) is 60.0 Å². The van der Waals surface area contributed by atoms with Gasteiger partial charge in [-0.2, -0.15) is 5.26 Å². The molecule has 1 unspecified atom stereocenters. The Morgan fingerprint density at radius 3 is 2.79 bits per heavy atom. The quantitative estimate of drug-likeness (QED) is 0.488. The van der Waals surface area contributed by atoms with Crippen LogP contribution in [0.4, 0.5) is 11.6 Å². The van der Waals surface area contributed by atoms with E-state index in [4.69, 9.17) is 14.9 Å². The number of anilines is 2. The molecule has 3 aromatic rings. The van der Waals surface area contributed by atoms with Crippen molar-refractivity contribution in [3.63, 3.8) is 0 Å². The summed E-state index contributed by atoms with van der Waals surface area (Å²) in [4.78, 5) is 17.3. The summed E-state index contributed by atoms with van der Waals surface area (Å²) in [6.07, 6.45) is 7.99. The van der Waals surface area contributed by atoms with Crippen molar-refractivity contribution >= 4 is 24.1 Å². The van der Waals surface area contributed by atoms with Gasteiger partial charge >= 0.3 is 0 Å². The number of nitrogens with one attached hydrogen (secondary N) is 2. The van der Waals surface area contributed by atoms with Gasteiger partial charge in [0, 0.05) is 44.1 Å². The van der Waals surface area contributed by atoms with Crippen LogP contribution in [-0.4, -0.2) is 53.7 Å². The number of hydrogen-bond donors (Lipinski definition) is 2. The van der Waals surface area contributed by atoms with Crippen molar-refractivity contribution in [1.82, 2.24) is 15.0 Å². The van der Waals surface area contributed by atoms with Crippen LogP contribution in [0.2, 0.25) is 0 Å². The Balaban J connectivity index is 1.50. The minimum atomic E-state index is -0.258. The van der Waals surface area contributed by atoms with Crippen molar-refractivity contribution in [2.24, 2.45) is 4.99 Å². The third kappa shape index (κ3) is 5.60. The predicted octanol–water partition coefficient (Wildman–Crippen LogP) is 4.15. The predicted molar refractivity (Wildman–Crippen MR) is 130 cm³/mol. The molecule has 0 spiro atoms. The number of ether oxygens (including phenoxy) is 2. The molecule has 2 N–H and O–H groups in total. The molecular formula is C25H25N7O2. The summed E-state index contributed by atoms with van der Waals surface area (Å²) in [5, 5.41) is 20.3. The fourth-order valence-electron chi connectivity index (χ4n) is 3.60. The molecule has 34 heavy (non-hydrogen) atoms. The molecule has 0 bridgehead atoms. The van der Waals surface area contributed by atoms with Gasteiger partial charge in [-0.3, -0.25) is 9.98 Å². The highest BCUT2D eigenvalue weighted by Gasteiger charge is 2.17. The first-order chi connectivity index (χ1) is 16.7. The van der Waals surface area contributed by atoms with Gasteiger partial charge in [0.15, 0.2) is 0 Å². The van der Waals surface area contributed by atoms with E-state index in [1.165, 1.54) is 6.21 Å². The van der Waals surface area contributed by atoms with E-state index in [9.17, 15) is 5.26 Å². The lowest BCUT2D eigenvalue weighted by molar-refractivity contribution is 0.0254. The second kappa shape index (κ2) is 11.1. The second-order valence-corrected chi connectivity index (χ2v) is 7.71. The zero-order chi connectivity index (χ0) is 23.8. The summed E-state index contributed by atoms with van der Waals surface area (Å²) >= 11 is 0. The van der Waals surface area contributed by atoms with E-state index < -0.39 is 0 Å². The molecule has 9 heteroatoms. The van der Waals surface area contributed by atoms with E-state index in [2.05, 4.69) is 31.3 Å². The summed E-state index contributed by atoms with van der Waals surface area (Å²) in [5.41, 5.74) is 3.39. The van der Waals surface area contributed by atoms with Crippen LogP contribution in [0.5, 0.6) is 5.75 Å². The summed E-state index contributed by atoms with van der Waals surface area (Å²) in [5.74, 6) is 0.728. The third-order valence-electron chi connectivity index (χ3n) is 5.39. The average molecular weight is 456 g/mol. The zero-order valence-corrected chi connectivity index (χ0v) is 18.8. The summed E-state index contributed by atoms with van der Waals surface area (Å²) in [6.45, 7) is 1.35. The molecule has 1 aromatic carbocycles. The summed E-state index contributed by atoms with van der Waals surface area (Å²) in [7, 11) is 1.67. The zero-order valence-electron chi connectivity index (χ0n) is 18.8. The van der Waals surface area contributed by atoms with Gasteiger partial charge in [-0.1, -0.05) is 0 Å². The van der Waals surface area contributed by atoms with Crippen LogP contribution < -0.4 is 10.1 Å². The van der Waals surface area contributed by atoms with Crippen LogP contribution in [0.1, 0.15) is 30.0 Å². The summed E-state index contributed by atoms with van der Waals surface area (Å²) in [6, 6.07) is 13.2. The Bertz CT molecular complexity index is 1200. The van der Waals surface area contributed by atoms with Crippen LogP contribution in [0.25, 0.3) is 11.3 Å². The number of rotatable bonds is 8. The Morgan fingerprint density at radius 2 is 2.09 bits per heavy atom. The van der Waals surface area contributed by atoms with Crippen molar-refractivity contribution in [2.45, 2.75) is 24.9 Å². The van der Waals surface area contributed by atoms with Gasteiger partial charge in [0.2, 0.25) is 5.95 Å². The normalized spacial score (nSPS) is 14.9. The first-order valence-electron chi connectivity index (χ1n) is 11.0. The first kappa shape index (κ1) is 23.0. The number of hydrogen-bond acceptors (Lipinski definition) is 9. The van der Waals surface area contributed by atoms with Crippen molar-refractivity contribution < 1.29 is 9.47 Å². The van der Waals surface area contributed by atoms with Crippen LogP contribution in [-0.2, 0) is 4.74 Å². The molecule has 0 radical (unpaired) electrons. The monoisotopic (exact) mass is 455 g/mol. The lowest BCUT2D eigenvalue weighted by atomic mass is 10.1. The van der Waals surface area contributed by atoms with Crippen molar-refractivity contribution in [3.8, 4) is 23.1 Å². The molecule has 4 rings (SSSR count). The molecule has 9 nitrogen and oxygen atoms in total. The first-order valence-corrected chi connectivity index (χ1v) is 11.0. The van der Waals surface area contributed by atoms with Crippen LogP contribution in [0.15, 0.2) is 53.8 Å². The average Bonchev–Trinajstić information content (AvgIpc) is 2.89. The van der Waals surface area contributed by atoms with Crippen molar-refractivity contribution in [1.29, 1.82) is 10.7 Å². The van der Waals surface area contributed by atoms with E-state index in [0.29, 0.717) is 36.2 Å². The minimum Gasteiger partial charge on any atom is -0.489 e. The number of nitriles is 1. The molecule has 1 saturated heterocycles. The van der Waals surface area contributed by atoms with E-state index in [1.54, 1.807) is 37.8 Å². The molecule has 1 aliphatic heterocycles.